The summed E-state index contributed by atoms with van der Waals surface area (Å²) in [5, 5.41) is 5.70. The molecule has 7 heteroatoms. The van der Waals surface area contributed by atoms with E-state index in [2.05, 4.69) is 10.6 Å². The largest absolute Gasteiger partial charge is 0.451 e. The van der Waals surface area contributed by atoms with Gasteiger partial charge in [-0.05, 0) is 36.2 Å². The first-order valence-electron chi connectivity index (χ1n) is 8.54. The minimum absolute atomic E-state index is 0.329. The lowest BCUT2D eigenvalue weighted by Crippen LogP contribution is -2.39. The second-order valence-corrected chi connectivity index (χ2v) is 6.22. The van der Waals surface area contributed by atoms with Crippen LogP contribution in [0.3, 0.4) is 0 Å². The SMILES string of the molecule is CCC(OC(=O)CNC(=O)c1ccc(Cl)cc1)C(=O)NCc1ccccc1. The molecule has 2 N–H and O–H groups in total. The van der Waals surface area contributed by atoms with Crippen LogP contribution in [0.1, 0.15) is 29.3 Å². The molecule has 0 aliphatic carbocycles. The van der Waals surface area contributed by atoms with Gasteiger partial charge in [-0.15, -0.1) is 0 Å². The van der Waals surface area contributed by atoms with Crippen LogP contribution in [-0.4, -0.2) is 30.4 Å². The first-order chi connectivity index (χ1) is 13.0. The molecule has 2 rings (SSSR count). The number of hydrogen-bond acceptors (Lipinski definition) is 4. The average Bonchev–Trinajstić information content (AvgIpc) is 2.69. The highest BCUT2D eigenvalue weighted by Crippen LogP contribution is 2.09. The van der Waals surface area contributed by atoms with Crippen LogP contribution < -0.4 is 10.6 Å². The van der Waals surface area contributed by atoms with E-state index in [1.165, 1.54) is 0 Å². The molecule has 2 aromatic carbocycles. The number of rotatable bonds is 8. The Labute approximate surface area is 162 Å². The predicted molar refractivity (Wildman–Crippen MR) is 102 cm³/mol. The topological polar surface area (TPSA) is 84.5 Å². The highest BCUT2D eigenvalue weighted by molar-refractivity contribution is 6.30. The lowest BCUT2D eigenvalue weighted by molar-refractivity contribution is -0.155. The monoisotopic (exact) mass is 388 g/mol. The van der Waals surface area contributed by atoms with Crippen molar-refractivity contribution in [2.45, 2.75) is 26.0 Å². The second kappa shape index (κ2) is 10.3. The molecule has 0 saturated carbocycles. The van der Waals surface area contributed by atoms with Crippen molar-refractivity contribution in [2.24, 2.45) is 0 Å². The fourth-order valence-electron chi connectivity index (χ4n) is 2.28. The smallest absolute Gasteiger partial charge is 0.326 e. The Hall–Kier alpha value is -2.86. The molecule has 2 aromatic rings. The highest BCUT2D eigenvalue weighted by atomic mass is 35.5. The first-order valence-corrected chi connectivity index (χ1v) is 8.92. The molecule has 142 valence electrons. The normalized spacial score (nSPS) is 11.3. The van der Waals surface area contributed by atoms with Gasteiger partial charge in [-0.1, -0.05) is 48.9 Å². The number of esters is 1. The molecule has 0 aliphatic heterocycles. The van der Waals surface area contributed by atoms with E-state index in [0.717, 1.165) is 5.56 Å². The molecular weight excluding hydrogens is 368 g/mol. The van der Waals surface area contributed by atoms with Crippen molar-refractivity contribution in [3.8, 4) is 0 Å². The second-order valence-electron chi connectivity index (χ2n) is 5.78. The van der Waals surface area contributed by atoms with E-state index in [1.807, 2.05) is 30.3 Å². The molecule has 0 aliphatic rings. The van der Waals surface area contributed by atoms with Gasteiger partial charge in [-0.25, -0.2) is 0 Å². The molecule has 2 amide bonds. The van der Waals surface area contributed by atoms with Crippen molar-refractivity contribution in [1.82, 2.24) is 10.6 Å². The molecule has 0 radical (unpaired) electrons. The van der Waals surface area contributed by atoms with Gasteiger partial charge >= 0.3 is 5.97 Å². The van der Waals surface area contributed by atoms with Crippen LogP contribution in [0.15, 0.2) is 54.6 Å². The number of amides is 2. The number of carbonyl (C=O) groups excluding carboxylic acids is 3. The van der Waals surface area contributed by atoms with E-state index < -0.39 is 18.0 Å². The molecule has 0 bridgehead atoms. The fraction of sp³-hybridized carbons (Fsp3) is 0.250. The molecule has 27 heavy (non-hydrogen) atoms. The maximum atomic E-state index is 12.2. The Morgan fingerprint density at radius 3 is 2.30 bits per heavy atom. The molecule has 0 heterocycles. The molecule has 1 unspecified atom stereocenters. The molecule has 0 aromatic heterocycles. The molecular formula is C20H21ClN2O4. The summed E-state index contributed by atoms with van der Waals surface area (Å²) in [5.41, 5.74) is 1.32. The molecule has 0 saturated heterocycles. The number of carbonyl (C=O) groups is 3. The summed E-state index contributed by atoms with van der Waals surface area (Å²) in [6.45, 7) is 1.76. The highest BCUT2D eigenvalue weighted by Gasteiger charge is 2.21. The summed E-state index contributed by atoms with van der Waals surface area (Å²) in [6, 6.07) is 15.7. The van der Waals surface area contributed by atoms with Crippen molar-refractivity contribution in [2.75, 3.05) is 6.54 Å². The van der Waals surface area contributed by atoms with Crippen molar-refractivity contribution >= 4 is 29.4 Å². The van der Waals surface area contributed by atoms with Gasteiger partial charge in [0.2, 0.25) is 0 Å². The number of halogens is 1. The number of ether oxygens (including phenoxy) is 1. The standard InChI is InChI=1S/C20H21ClN2O4/c1-2-17(20(26)22-12-14-6-4-3-5-7-14)27-18(24)13-23-19(25)15-8-10-16(21)11-9-15/h3-11,17H,2,12-13H2,1H3,(H,22,26)(H,23,25). The van der Waals surface area contributed by atoms with Crippen molar-refractivity contribution < 1.29 is 19.1 Å². The Bertz CT molecular complexity index is 778. The molecule has 0 spiro atoms. The van der Waals surface area contributed by atoms with Crippen molar-refractivity contribution in [1.29, 1.82) is 0 Å². The van der Waals surface area contributed by atoms with Crippen LogP contribution in [0, 0.1) is 0 Å². The van der Waals surface area contributed by atoms with E-state index >= 15 is 0 Å². The van der Waals surface area contributed by atoms with Gasteiger partial charge in [0.05, 0.1) is 0 Å². The van der Waals surface area contributed by atoms with Gasteiger partial charge < -0.3 is 15.4 Å². The van der Waals surface area contributed by atoms with Crippen LogP contribution in [0.25, 0.3) is 0 Å². The predicted octanol–water partition coefficient (Wildman–Crippen LogP) is 2.71. The van der Waals surface area contributed by atoms with Gasteiger partial charge in [-0.3, -0.25) is 14.4 Å². The summed E-state index contributed by atoms with van der Waals surface area (Å²) >= 11 is 5.77. The van der Waals surface area contributed by atoms with Crippen molar-refractivity contribution in [3.05, 3.63) is 70.7 Å². The van der Waals surface area contributed by atoms with E-state index in [-0.39, 0.29) is 12.5 Å². The summed E-state index contributed by atoms with van der Waals surface area (Å²) < 4.78 is 5.17. The molecule has 6 nitrogen and oxygen atoms in total. The summed E-state index contributed by atoms with van der Waals surface area (Å²) in [6.07, 6.45) is -0.578. The van der Waals surface area contributed by atoms with Gasteiger partial charge in [0.15, 0.2) is 6.10 Å². The lowest BCUT2D eigenvalue weighted by Gasteiger charge is -2.16. The maximum absolute atomic E-state index is 12.2. The molecule has 1 atom stereocenters. The van der Waals surface area contributed by atoms with E-state index in [9.17, 15) is 14.4 Å². The summed E-state index contributed by atoms with van der Waals surface area (Å²) in [5.74, 6) is -1.48. The van der Waals surface area contributed by atoms with Crippen LogP contribution >= 0.6 is 11.6 Å². The maximum Gasteiger partial charge on any atom is 0.326 e. The summed E-state index contributed by atoms with van der Waals surface area (Å²) in [4.78, 5) is 36.1. The third-order valence-corrected chi connectivity index (χ3v) is 4.00. The Morgan fingerprint density at radius 1 is 1.00 bits per heavy atom. The first kappa shape index (κ1) is 20.5. The fourth-order valence-corrected chi connectivity index (χ4v) is 2.40. The Morgan fingerprint density at radius 2 is 1.67 bits per heavy atom. The van der Waals surface area contributed by atoms with Crippen molar-refractivity contribution in [3.63, 3.8) is 0 Å². The summed E-state index contributed by atoms with van der Waals surface area (Å²) in [7, 11) is 0. The van der Waals surface area contributed by atoms with Crippen LogP contribution in [0.2, 0.25) is 5.02 Å². The van der Waals surface area contributed by atoms with Gasteiger partial charge in [0.25, 0.3) is 11.8 Å². The number of nitrogens with one attached hydrogen (secondary N) is 2. The van der Waals surface area contributed by atoms with Crippen LogP contribution in [-0.2, 0) is 20.9 Å². The van der Waals surface area contributed by atoms with Gasteiger partial charge in [-0.2, -0.15) is 0 Å². The van der Waals surface area contributed by atoms with E-state index in [0.29, 0.717) is 23.6 Å². The van der Waals surface area contributed by atoms with Crippen LogP contribution in [0.4, 0.5) is 0 Å². The zero-order valence-corrected chi connectivity index (χ0v) is 15.7. The minimum Gasteiger partial charge on any atom is -0.451 e. The number of benzene rings is 2. The Kier molecular flexibility index (Phi) is 7.82. The van der Waals surface area contributed by atoms with Crippen LogP contribution in [0.5, 0.6) is 0 Å². The molecule has 0 fully saturated rings. The Balaban J connectivity index is 1.78. The third-order valence-electron chi connectivity index (χ3n) is 3.75. The quantitative estimate of drug-likeness (QED) is 0.681. The zero-order valence-electron chi connectivity index (χ0n) is 14.9. The lowest BCUT2D eigenvalue weighted by atomic mass is 10.2. The number of hydrogen-bond donors (Lipinski definition) is 2. The average molecular weight is 389 g/mol. The third kappa shape index (κ3) is 6.75. The minimum atomic E-state index is -0.909. The van der Waals surface area contributed by atoms with E-state index in [4.69, 9.17) is 16.3 Å². The van der Waals surface area contributed by atoms with E-state index in [1.54, 1.807) is 31.2 Å². The zero-order chi connectivity index (χ0) is 19.6. The van der Waals surface area contributed by atoms with Gasteiger partial charge in [0.1, 0.15) is 6.54 Å². The van der Waals surface area contributed by atoms with Gasteiger partial charge in [0, 0.05) is 17.1 Å².